The van der Waals surface area contributed by atoms with Crippen molar-refractivity contribution in [2.45, 2.75) is 65.1 Å². The molecule has 1 fully saturated rings. The molecule has 0 saturated heterocycles. The van der Waals surface area contributed by atoms with E-state index in [4.69, 9.17) is 4.74 Å². The molecular weight excluding hydrogens is 236 g/mol. The monoisotopic (exact) mass is 262 g/mol. The van der Waals surface area contributed by atoms with Crippen LogP contribution in [0.4, 0.5) is 0 Å². The van der Waals surface area contributed by atoms with Crippen molar-refractivity contribution < 1.29 is 9.84 Å². The van der Waals surface area contributed by atoms with Crippen molar-refractivity contribution in [2.75, 3.05) is 0 Å². The first-order valence-corrected chi connectivity index (χ1v) is 7.55. The van der Waals surface area contributed by atoms with Crippen LogP contribution in [0.1, 0.15) is 63.2 Å². The molecule has 106 valence electrons. The first-order chi connectivity index (χ1) is 9.10. The highest BCUT2D eigenvalue weighted by Crippen LogP contribution is 2.33. The average molecular weight is 262 g/mol. The molecule has 3 atom stereocenters. The lowest BCUT2D eigenvalue weighted by atomic mass is 9.85. The summed E-state index contributed by atoms with van der Waals surface area (Å²) in [6.07, 6.45) is 6.00. The molecule has 1 saturated carbocycles. The summed E-state index contributed by atoms with van der Waals surface area (Å²) in [5, 5.41) is 9.88. The van der Waals surface area contributed by atoms with E-state index in [9.17, 15) is 5.11 Å². The molecule has 0 spiro atoms. The summed E-state index contributed by atoms with van der Waals surface area (Å²) in [6, 6.07) is 6.09. The Labute approximate surface area is 116 Å². The summed E-state index contributed by atoms with van der Waals surface area (Å²) in [7, 11) is 0. The highest BCUT2D eigenvalue weighted by molar-refractivity contribution is 5.38. The van der Waals surface area contributed by atoms with Gasteiger partial charge in [0.25, 0.3) is 0 Å². The van der Waals surface area contributed by atoms with Gasteiger partial charge in [-0.05, 0) is 51.2 Å². The largest absolute Gasteiger partial charge is 0.490 e. The molecule has 2 nitrogen and oxygen atoms in total. The highest BCUT2D eigenvalue weighted by Gasteiger charge is 2.23. The topological polar surface area (TPSA) is 29.5 Å². The van der Waals surface area contributed by atoms with Gasteiger partial charge < -0.3 is 9.84 Å². The zero-order valence-electron chi connectivity index (χ0n) is 12.4. The van der Waals surface area contributed by atoms with Gasteiger partial charge in [0.2, 0.25) is 0 Å². The van der Waals surface area contributed by atoms with Crippen LogP contribution in [0.5, 0.6) is 5.75 Å². The highest BCUT2D eigenvalue weighted by atomic mass is 16.5. The van der Waals surface area contributed by atoms with Gasteiger partial charge in [-0.2, -0.15) is 0 Å². The second-order valence-electron chi connectivity index (χ2n) is 5.90. The molecule has 1 aromatic rings. The van der Waals surface area contributed by atoms with Gasteiger partial charge in [-0.25, -0.2) is 0 Å². The Balaban J connectivity index is 2.10. The second-order valence-corrected chi connectivity index (χ2v) is 5.90. The van der Waals surface area contributed by atoms with Gasteiger partial charge in [0.15, 0.2) is 0 Å². The van der Waals surface area contributed by atoms with Crippen molar-refractivity contribution in [3.05, 3.63) is 29.3 Å². The first kappa shape index (κ1) is 14.4. The normalized spacial score (nSPS) is 25.1. The third-order valence-electron chi connectivity index (χ3n) is 4.22. The zero-order valence-corrected chi connectivity index (χ0v) is 12.4. The van der Waals surface area contributed by atoms with Crippen LogP contribution in [-0.2, 0) is 0 Å². The Morgan fingerprint density at radius 1 is 1.37 bits per heavy atom. The molecule has 1 aliphatic carbocycles. The molecule has 0 amide bonds. The maximum Gasteiger partial charge on any atom is 0.125 e. The molecule has 0 heterocycles. The van der Waals surface area contributed by atoms with Gasteiger partial charge in [-0.15, -0.1) is 0 Å². The Morgan fingerprint density at radius 3 is 2.84 bits per heavy atom. The van der Waals surface area contributed by atoms with Crippen molar-refractivity contribution in [3.8, 4) is 5.75 Å². The average Bonchev–Trinajstić information content (AvgIpc) is 2.41. The summed E-state index contributed by atoms with van der Waals surface area (Å²) < 4.78 is 6.17. The summed E-state index contributed by atoms with van der Waals surface area (Å²) >= 11 is 0. The molecule has 1 N–H and O–H groups in total. The number of benzene rings is 1. The van der Waals surface area contributed by atoms with E-state index in [0.29, 0.717) is 6.10 Å². The molecular formula is C17H26O2. The summed E-state index contributed by atoms with van der Waals surface area (Å²) in [5.41, 5.74) is 2.08. The van der Waals surface area contributed by atoms with E-state index in [1.54, 1.807) is 6.92 Å². The minimum atomic E-state index is -0.472. The number of aryl methyl sites for hydroxylation is 1. The van der Waals surface area contributed by atoms with Crippen LogP contribution in [0, 0.1) is 12.8 Å². The minimum Gasteiger partial charge on any atom is -0.490 e. The van der Waals surface area contributed by atoms with E-state index in [1.165, 1.54) is 24.8 Å². The van der Waals surface area contributed by atoms with Crippen LogP contribution in [0.25, 0.3) is 0 Å². The van der Waals surface area contributed by atoms with Crippen LogP contribution in [-0.4, -0.2) is 11.2 Å². The fourth-order valence-corrected chi connectivity index (χ4v) is 3.00. The minimum absolute atomic E-state index is 0.318. The van der Waals surface area contributed by atoms with E-state index in [2.05, 4.69) is 13.0 Å². The fourth-order valence-electron chi connectivity index (χ4n) is 3.00. The quantitative estimate of drug-likeness (QED) is 0.871. The molecule has 1 aliphatic rings. The van der Waals surface area contributed by atoms with Gasteiger partial charge >= 0.3 is 0 Å². The van der Waals surface area contributed by atoms with Crippen molar-refractivity contribution >= 4 is 0 Å². The summed E-state index contributed by atoms with van der Waals surface area (Å²) in [4.78, 5) is 0. The molecule has 3 unspecified atom stereocenters. The van der Waals surface area contributed by atoms with Gasteiger partial charge in [0, 0.05) is 5.56 Å². The van der Waals surface area contributed by atoms with Crippen molar-refractivity contribution in [3.63, 3.8) is 0 Å². The maximum absolute atomic E-state index is 9.88. The van der Waals surface area contributed by atoms with Crippen molar-refractivity contribution in [1.82, 2.24) is 0 Å². The van der Waals surface area contributed by atoms with E-state index in [0.717, 1.165) is 30.1 Å². The predicted molar refractivity (Wildman–Crippen MR) is 78.5 cm³/mol. The van der Waals surface area contributed by atoms with E-state index >= 15 is 0 Å². The lowest BCUT2D eigenvalue weighted by Gasteiger charge is -2.30. The van der Waals surface area contributed by atoms with E-state index in [1.807, 2.05) is 19.1 Å². The van der Waals surface area contributed by atoms with Crippen molar-refractivity contribution in [1.29, 1.82) is 0 Å². The Morgan fingerprint density at radius 2 is 2.16 bits per heavy atom. The van der Waals surface area contributed by atoms with Gasteiger partial charge in [0.1, 0.15) is 5.75 Å². The number of ether oxygens (including phenoxy) is 1. The molecule has 2 heteroatoms. The smallest absolute Gasteiger partial charge is 0.125 e. The Hall–Kier alpha value is -1.02. The third-order valence-corrected chi connectivity index (χ3v) is 4.22. The Bertz CT molecular complexity index is 412. The van der Waals surface area contributed by atoms with Crippen LogP contribution < -0.4 is 4.74 Å². The Kier molecular flexibility index (Phi) is 4.87. The zero-order chi connectivity index (χ0) is 13.8. The van der Waals surface area contributed by atoms with Crippen LogP contribution in [0.3, 0.4) is 0 Å². The van der Waals surface area contributed by atoms with Crippen LogP contribution >= 0.6 is 0 Å². The van der Waals surface area contributed by atoms with Crippen molar-refractivity contribution in [2.24, 2.45) is 5.92 Å². The summed E-state index contributed by atoms with van der Waals surface area (Å²) in [5.74, 6) is 1.67. The van der Waals surface area contributed by atoms with E-state index < -0.39 is 6.10 Å². The lowest BCUT2D eigenvalue weighted by Crippen LogP contribution is -2.25. The molecule has 1 aromatic carbocycles. The van der Waals surface area contributed by atoms with Crippen LogP contribution in [0.15, 0.2) is 18.2 Å². The number of aliphatic hydroxyl groups is 1. The number of hydrogen-bond acceptors (Lipinski definition) is 2. The second kappa shape index (κ2) is 6.42. The maximum atomic E-state index is 9.88. The van der Waals surface area contributed by atoms with Gasteiger partial charge in [0.05, 0.1) is 12.2 Å². The number of rotatable bonds is 4. The fraction of sp³-hybridized carbons (Fsp3) is 0.647. The molecule has 0 bridgehead atoms. The van der Waals surface area contributed by atoms with Gasteiger partial charge in [-0.1, -0.05) is 31.4 Å². The first-order valence-electron chi connectivity index (χ1n) is 7.55. The van der Waals surface area contributed by atoms with Crippen LogP contribution in [0.2, 0.25) is 0 Å². The number of aliphatic hydroxyl groups excluding tert-OH is 1. The molecule has 19 heavy (non-hydrogen) atoms. The summed E-state index contributed by atoms with van der Waals surface area (Å²) in [6.45, 7) is 6.11. The standard InChI is InChI=1S/C17H26O2/c1-4-14-6-5-7-15(11-14)19-17-9-8-12(2)10-16(17)13(3)18/h8-10,13-15,18H,4-7,11H2,1-3H3. The van der Waals surface area contributed by atoms with Gasteiger partial charge in [-0.3, -0.25) is 0 Å². The molecule has 0 aromatic heterocycles. The molecule has 0 radical (unpaired) electrons. The third kappa shape index (κ3) is 3.73. The predicted octanol–water partition coefficient (Wildman–Crippen LogP) is 4.40. The van der Waals surface area contributed by atoms with E-state index in [-0.39, 0.29) is 0 Å². The SMILES string of the molecule is CCC1CCCC(Oc2ccc(C)cc2C(C)O)C1. The molecule has 0 aliphatic heterocycles. The number of hydrogen-bond donors (Lipinski definition) is 1. The molecule has 2 rings (SSSR count). The lowest BCUT2D eigenvalue weighted by molar-refractivity contribution is 0.115.